The summed E-state index contributed by atoms with van der Waals surface area (Å²) in [5.41, 5.74) is 3.01. The van der Waals surface area contributed by atoms with Crippen LogP contribution in [-0.4, -0.2) is 57.5 Å². The van der Waals surface area contributed by atoms with Crippen molar-refractivity contribution in [1.29, 1.82) is 0 Å². The van der Waals surface area contributed by atoms with Crippen LogP contribution < -0.4 is 5.56 Å². The predicted molar refractivity (Wildman–Crippen MR) is 143 cm³/mol. The number of nitrogens with one attached hydrogen (secondary N) is 1. The minimum absolute atomic E-state index is 0.0365. The number of hydrogen-bond donors (Lipinski definition) is 2. The molecule has 5 fully saturated rings. The molecule has 6 nitrogen and oxygen atoms in total. The molecular weight excluding hydrogens is 462 g/mol. The molecule has 7 rings (SSSR count). The summed E-state index contributed by atoms with van der Waals surface area (Å²) in [4.78, 5) is 33.4. The Balaban J connectivity index is 1.34. The Hall–Kier alpha value is -2.60. The van der Waals surface area contributed by atoms with Crippen LogP contribution in [0.15, 0.2) is 41.2 Å². The van der Waals surface area contributed by atoms with E-state index in [2.05, 4.69) is 40.8 Å². The van der Waals surface area contributed by atoms with Gasteiger partial charge < -0.3 is 15.0 Å². The van der Waals surface area contributed by atoms with Gasteiger partial charge in [-0.25, -0.2) is 0 Å². The second-order valence-electron chi connectivity index (χ2n) is 12.7. The summed E-state index contributed by atoms with van der Waals surface area (Å²) in [7, 11) is 0. The molecule has 1 amide bonds. The number of carbonyl (C=O) groups excluding carboxylic acids is 1. The summed E-state index contributed by atoms with van der Waals surface area (Å²) < 4.78 is 0. The lowest BCUT2D eigenvalue weighted by molar-refractivity contribution is -0.0870. The first kappa shape index (κ1) is 23.5. The number of likely N-dealkylation sites (tertiary alicyclic amines) is 2. The maximum absolute atomic E-state index is 13.7. The lowest BCUT2D eigenvalue weighted by Crippen LogP contribution is -2.66. The van der Waals surface area contributed by atoms with Gasteiger partial charge in [0.1, 0.15) is 11.4 Å². The fourth-order valence-corrected chi connectivity index (χ4v) is 9.72. The zero-order chi connectivity index (χ0) is 25.5. The number of hydrogen-bond acceptors (Lipinski definition) is 4. The van der Waals surface area contributed by atoms with Gasteiger partial charge in [-0.05, 0) is 111 Å². The highest BCUT2D eigenvalue weighted by Gasteiger charge is 2.74. The van der Waals surface area contributed by atoms with Crippen molar-refractivity contribution in [2.45, 2.75) is 76.3 Å². The number of phenolic OH excluding ortho intramolecular Hbond substituents is 1. The van der Waals surface area contributed by atoms with Crippen LogP contribution in [0.25, 0.3) is 0 Å². The minimum atomic E-state index is -0.228. The average Bonchev–Trinajstić information content (AvgIpc) is 3.60. The molecule has 5 unspecified atom stereocenters. The number of H-pyrrole nitrogens is 1. The van der Waals surface area contributed by atoms with Crippen LogP contribution in [0.2, 0.25) is 0 Å². The Kier molecular flexibility index (Phi) is 5.21. The third-order valence-corrected chi connectivity index (χ3v) is 11.3. The molecular formula is C31H39N3O3. The van der Waals surface area contributed by atoms with Crippen LogP contribution in [0, 0.1) is 23.2 Å². The van der Waals surface area contributed by atoms with E-state index in [1.54, 1.807) is 12.1 Å². The summed E-state index contributed by atoms with van der Waals surface area (Å²) in [6.07, 6.45) is 8.07. The fourth-order valence-electron chi connectivity index (χ4n) is 9.72. The average molecular weight is 502 g/mol. The van der Waals surface area contributed by atoms with Crippen molar-refractivity contribution in [3.8, 4) is 5.75 Å². The smallest absolute Gasteiger partial charge is 0.270 e. The molecule has 2 aliphatic heterocycles. The van der Waals surface area contributed by atoms with E-state index in [0.717, 1.165) is 51.1 Å². The molecule has 1 aromatic heterocycles. The molecule has 2 aromatic rings. The molecule has 6 heteroatoms. The largest absolute Gasteiger partial charge is 0.508 e. The topological polar surface area (TPSA) is 76.6 Å². The zero-order valence-corrected chi connectivity index (χ0v) is 22.1. The summed E-state index contributed by atoms with van der Waals surface area (Å²) >= 11 is 0. The number of aromatic nitrogens is 1. The van der Waals surface area contributed by atoms with E-state index in [0.29, 0.717) is 29.3 Å². The molecule has 1 aromatic carbocycles. The number of aromatic amines is 1. The first-order valence-electron chi connectivity index (χ1n) is 14.4. The Morgan fingerprint density at radius 3 is 2.76 bits per heavy atom. The standard InChI is InChI=1S/C31H39N3O3/c1-3-21-9-10-23(35)15-24(21)31-13-14-33(17-20-7-8-20)19(2)30(31)12-11-26-28(31)22(16-30)18-34(26)29(37)25-5-4-6-27(36)32-25/h4-6,9-10,15,19-20,22,26,28,35H,3,7-8,11-14,16-18H2,1-2H3,(H,32,36)/t19?,22-,26?,28?,30?,31?/m1/s1. The van der Waals surface area contributed by atoms with Crippen molar-refractivity contribution in [3.63, 3.8) is 0 Å². The predicted octanol–water partition coefficient (Wildman–Crippen LogP) is 4.33. The molecule has 37 heavy (non-hydrogen) atoms. The Bertz CT molecular complexity index is 1300. The van der Waals surface area contributed by atoms with E-state index >= 15 is 0 Å². The van der Waals surface area contributed by atoms with Crippen molar-refractivity contribution < 1.29 is 9.90 Å². The number of nitrogens with zero attached hydrogens (tertiary/aromatic N) is 2. The number of rotatable bonds is 5. The van der Waals surface area contributed by atoms with Crippen molar-refractivity contribution in [2.75, 3.05) is 19.6 Å². The highest BCUT2D eigenvalue weighted by atomic mass is 16.3. The molecule has 0 radical (unpaired) electrons. The SMILES string of the molecule is CCc1ccc(O)cc1C12CCN(CC3CC3)C(C)C13CCC1C2[C@@H](CN1C(=O)c1cccc(=O)[nH]1)C3. The summed E-state index contributed by atoms with van der Waals surface area (Å²) in [6, 6.07) is 11.6. The minimum Gasteiger partial charge on any atom is -0.508 e. The highest BCUT2D eigenvalue weighted by molar-refractivity contribution is 5.92. The number of amides is 1. The third-order valence-electron chi connectivity index (χ3n) is 11.3. The number of carbonyl (C=O) groups is 1. The molecule has 5 aliphatic rings. The van der Waals surface area contributed by atoms with Crippen molar-refractivity contribution >= 4 is 5.91 Å². The number of pyridine rings is 1. The molecule has 6 atom stereocenters. The number of benzene rings is 1. The van der Waals surface area contributed by atoms with Gasteiger partial charge >= 0.3 is 0 Å². The molecule has 2 bridgehead atoms. The van der Waals surface area contributed by atoms with Gasteiger partial charge in [0.05, 0.1) is 0 Å². The fraction of sp³-hybridized carbons (Fsp3) is 0.613. The summed E-state index contributed by atoms with van der Waals surface area (Å²) in [6.45, 7) is 7.80. The lowest BCUT2D eigenvalue weighted by Gasteiger charge is -2.63. The number of aryl methyl sites for hydroxylation is 1. The number of phenols is 1. The first-order chi connectivity index (χ1) is 17.9. The van der Waals surface area contributed by atoms with Crippen molar-refractivity contribution in [1.82, 2.24) is 14.8 Å². The quantitative estimate of drug-likeness (QED) is 0.640. The van der Waals surface area contributed by atoms with Crippen molar-refractivity contribution in [2.24, 2.45) is 23.2 Å². The molecule has 3 aliphatic carbocycles. The van der Waals surface area contributed by atoms with Crippen LogP contribution in [0.4, 0.5) is 0 Å². The van der Waals surface area contributed by atoms with Gasteiger partial charge in [-0.3, -0.25) is 14.5 Å². The maximum atomic E-state index is 13.7. The van der Waals surface area contributed by atoms with Crippen LogP contribution in [-0.2, 0) is 11.8 Å². The lowest BCUT2D eigenvalue weighted by atomic mass is 9.46. The third kappa shape index (κ3) is 3.20. The monoisotopic (exact) mass is 501 g/mol. The second-order valence-corrected chi connectivity index (χ2v) is 12.7. The zero-order valence-electron chi connectivity index (χ0n) is 22.1. The Morgan fingerprint density at radius 1 is 1.16 bits per heavy atom. The van der Waals surface area contributed by atoms with Crippen LogP contribution in [0.3, 0.4) is 0 Å². The summed E-state index contributed by atoms with van der Waals surface area (Å²) in [5.74, 6) is 2.03. The molecule has 0 spiro atoms. The van der Waals surface area contributed by atoms with E-state index in [4.69, 9.17) is 0 Å². The van der Waals surface area contributed by atoms with Gasteiger partial charge in [-0.2, -0.15) is 0 Å². The molecule has 196 valence electrons. The first-order valence-corrected chi connectivity index (χ1v) is 14.4. The maximum Gasteiger partial charge on any atom is 0.270 e. The van der Waals surface area contributed by atoms with Crippen molar-refractivity contribution in [3.05, 3.63) is 63.6 Å². The highest BCUT2D eigenvalue weighted by Crippen LogP contribution is 2.73. The van der Waals surface area contributed by atoms with Gasteiger partial charge in [0, 0.05) is 36.7 Å². The van der Waals surface area contributed by atoms with Gasteiger partial charge in [-0.15, -0.1) is 0 Å². The molecule has 3 saturated carbocycles. The molecule has 2 saturated heterocycles. The second kappa shape index (κ2) is 8.20. The number of piperidine rings is 1. The van der Waals surface area contributed by atoms with Gasteiger partial charge in [-0.1, -0.05) is 19.1 Å². The Labute approximate surface area is 219 Å². The summed E-state index contributed by atoms with van der Waals surface area (Å²) in [5, 5.41) is 10.7. The van der Waals surface area contributed by atoms with E-state index in [1.807, 2.05) is 6.07 Å². The molecule has 2 N–H and O–H groups in total. The van der Waals surface area contributed by atoms with Gasteiger partial charge in [0.25, 0.3) is 5.91 Å². The van der Waals surface area contributed by atoms with Gasteiger partial charge in [0.2, 0.25) is 5.56 Å². The van der Waals surface area contributed by atoms with E-state index in [9.17, 15) is 14.7 Å². The van der Waals surface area contributed by atoms with Crippen LogP contribution >= 0.6 is 0 Å². The van der Waals surface area contributed by atoms with Gasteiger partial charge in [0.15, 0.2) is 0 Å². The molecule has 3 heterocycles. The normalized spacial score (nSPS) is 36.5. The Morgan fingerprint density at radius 2 is 2.00 bits per heavy atom. The van der Waals surface area contributed by atoms with E-state index < -0.39 is 0 Å². The van der Waals surface area contributed by atoms with E-state index in [-0.39, 0.29) is 28.3 Å². The van der Waals surface area contributed by atoms with Crippen LogP contribution in [0.1, 0.15) is 74.0 Å². The van der Waals surface area contributed by atoms with E-state index in [1.165, 1.54) is 36.6 Å². The van der Waals surface area contributed by atoms with Crippen LogP contribution in [0.5, 0.6) is 5.75 Å². The number of aromatic hydroxyl groups is 1.